The van der Waals surface area contributed by atoms with Crippen LogP contribution in [0.25, 0.3) is 21.7 Å². The number of likely N-dealkylation sites (N-methyl/N-ethyl adjacent to an activating group) is 1. The van der Waals surface area contributed by atoms with Crippen LogP contribution in [0, 0.1) is 11.0 Å². The summed E-state index contributed by atoms with van der Waals surface area (Å²) in [6, 6.07) is 4.02. The normalized spacial score (nSPS) is 24.1. The standard InChI is InChI=1S/C27H33FN8O4S/c1-4-15(2)20(26(39)36-13-18(32-33-29)23-22(36)19(37)14-40-23)30-25(38)17-7-5-16(6-8-17)21-24(28)41-27(31-21)35-11-9-34(3)10-12-35/h5-8,15,18,20,22-23H,4,9-14H2,1-3H3,(H,30,38). The zero-order valence-corrected chi connectivity index (χ0v) is 24.0. The summed E-state index contributed by atoms with van der Waals surface area (Å²) in [6.45, 7) is 6.98. The van der Waals surface area contributed by atoms with Crippen LogP contribution in [0.1, 0.15) is 30.6 Å². The smallest absolute Gasteiger partial charge is 0.251 e. The number of nitrogens with zero attached hydrogens (tertiary/aromatic N) is 7. The molecular formula is C27H33FN8O4S. The fourth-order valence-corrected chi connectivity index (χ4v) is 6.36. The molecule has 4 heterocycles. The van der Waals surface area contributed by atoms with E-state index in [0.29, 0.717) is 22.7 Å². The third kappa shape index (κ3) is 5.78. The molecular weight excluding hydrogens is 551 g/mol. The highest BCUT2D eigenvalue weighted by molar-refractivity contribution is 7.14. The Bertz CT molecular complexity index is 1360. The van der Waals surface area contributed by atoms with Crippen molar-refractivity contribution in [3.8, 4) is 11.3 Å². The van der Waals surface area contributed by atoms with E-state index in [0.717, 1.165) is 37.5 Å². The average molecular weight is 585 g/mol. The molecule has 12 nitrogen and oxygen atoms in total. The minimum Gasteiger partial charge on any atom is -0.367 e. The molecule has 0 radical (unpaired) electrons. The number of anilines is 1. The Balaban J connectivity index is 1.30. The lowest BCUT2D eigenvalue weighted by Crippen LogP contribution is -2.54. The summed E-state index contributed by atoms with van der Waals surface area (Å²) >= 11 is 1.02. The van der Waals surface area contributed by atoms with Gasteiger partial charge < -0.3 is 24.8 Å². The minimum atomic E-state index is -0.909. The van der Waals surface area contributed by atoms with Crippen molar-refractivity contribution in [2.75, 3.05) is 51.3 Å². The molecule has 3 saturated heterocycles. The van der Waals surface area contributed by atoms with Crippen LogP contribution in [-0.4, -0.2) is 103 Å². The molecule has 0 bridgehead atoms. The number of Topliss-reactive ketones (excluding diaryl/α,β-unsaturated/α-hetero) is 1. The van der Waals surface area contributed by atoms with E-state index < -0.39 is 36.0 Å². The first-order valence-electron chi connectivity index (χ1n) is 13.7. The monoisotopic (exact) mass is 584 g/mol. The highest BCUT2D eigenvalue weighted by Crippen LogP contribution is 2.33. The molecule has 5 unspecified atom stereocenters. The summed E-state index contributed by atoms with van der Waals surface area (Å²) in [4.78, 5) is 52.5. The molecule has 0 aliphatic carbocycles. The van der Waals surface area contributed by atoms with E-state index in [4.69, 9.17) is 10.3 Å². The Labute approximate surface area is 241 Å². The summed E-state index contributed by atoms with van der Waals surface area (Å²) in [5, 5.41) is 6.82. The van der Waals surface area contributed by atoms with Gasteiger partial charge in [0.25, 0.3) is 5.91 Å². The number of hydrogen-bond donors (Lipinski definition) is 1. The number of hydrogen-bond acceptors (Lipinski definition) is 9. The first kappa shape index (κ1) is 28.9. The maximum absolute atomic E-state index is 14.9. The van der Waals surface area contributed by atoms with Crippen molar-refractivity contribution in [3.05, 3.63) is 45.4 Å². The molecule has 3 fully saturated rings. The maximum Gasteiger partial charge on any atom is 0.251 e. The number of likely N-dealkylation sites (tertiary alicyclic amines) is 1. The molecule has 0 saturated carbocycles. The van der Waals surface area contributed by atoms with Crippen molar-refractivity contribution >= 4 is 34.1 Å². The topological polar surface area (TPSA) is 144 Å². The van der Waals surface area contributed by atoms with Gasteiger partial charge in [0.2, 0.25) is 11.0 Å². The number of thiazole rings is 1. The maximum atomic E-state index is 14.9. The van der Waals surface area contributed by atoms with Gasteiger partial charge >= 0.3 is 0 Å². The number of ketones is 1. The van der Waals surface area contributed by atoms with Crippen molar-refractivity contribution in [1.82, 2.24) is 20.1 Å². The van der Waals surface area contributed by atoms with Gasteiger partial charge in [0, 0.05) is 48.8 Å². The third-order valence-electron chi connectivity index (χ3n) is 8.18. The second-order valence-corrected chi connectivity index (χ2v) is 11.7. The summed E-state index contributed by atoms with van der Waals surface area (Å²) < 4.78 is 20.4. The van der Waals surface area contributed by atoms with Gasteiger partial charge in [0.05, 0.1) is 12.1 Å². The van der Waals surface area contributed by atoms with E-state index in [1.165, 1.54) is 4.90 Å². The number of carbonyl (C=O) groups is 3. The molecule has 14 heteroatoms. The molecule has 3 aliphatic heterocycles. The lowest BCUT2D eigenvalue weighted by Gasteiger charge is -2.31. The Morgan fingerprint density at radius 2 is 1.98 bits per heavy atom. The van der Waals surface area contributed by atoms with Crippen molar-refractivity contribution < 1.29 is 23.5 Å². The third-order valence-corrected chi connectivity index (χ3v) is 9.08. The number of aromatic nitrogens is 1. The summed E-state index contributed by atoms with van der Waals surface area (Å²) in [5.41, 5.74) is 10.0. The largest absolute Gasteiger partial charge is 0.367 e. The van der Waals surface area contributed by atoms with Crippen LogP contribution in [0.2, 0.25) is 0 Å². The molecule has 1 N–H and O–H groups in total. The Kier molecular flexibility index (Phi) is 8.55. The summed E-state index contributed by atoms with van der Waals surface area (Å²) in [5.74, 6) is -1.38. The Morgan fingerprint density at radius 1 is 1.27 bits per heavy atom. The van der Waals surface area contributed by atoms with E-state index >= 15 is 0 Å². The van der Waals surface area contributed by atoms with Gasteiger partial charge in [0.1, 0.15) is 24.4 Å². The quantitative estimate of drug-likeness (QED) is 0.285. The van der Waals surface area contributed by atoms with Crippen LogP contribution < -0.4 is 10.2 Å². The number of azide groups is 1. The van der Waals surface area contributed by atoms with Crippen LogP contribution >= 0.6 is 11.3 Å². The molecule has 5 atom stereocenters. The van der Waals surface area contributed by atoms with E-state index in [2.05, 4.69) is 37.2 Å². The minimum absolute atomic E-state index is 0.0385. The zero-order valence-electron chi connectivity index (χ0n) is 23.2. The molecule has 3 aliphatic rings. The summed E-state index contributed by atoms with van der Waals surface area (Å²) in [7, 11) is 2.05. The van der Waals surface area contributed by atoms with Crippen molar-refractivity contribution in [2.24, 2.45) is 11.0 Å². The van der Waals surface area contributed by atoms with Gasteiger partial charge in [-0.05, 0) is 30.6 Å². The van der Waals surface area contributed by atoms with Crippen LogP contribution in [0.3, 0.4) is 0 Å². The van der Waals surface area contributed by atoms with Gasteiger partial charge in [-0.1, -0.05) is 48.9 Å². The number of piperazine rings is 1. The highest BCUT2D eigenvalue weighted by Gasteiger charge is 2.53. The molecule has 0 spiro atoms. The summed E-state index contributed by atoms with van der Waals surface area (Å²) in [6.07, 6.45) is -0.0911. The van der Waals surface area contributed by atoms with Crippen LogP contribution in [0.5, 0.6) is 0 Å². The second-order valence-electron chi connectivity index (χ2n) is 10.8. The Hall–Kier alpha value is -3.58. The second kappa shape index (κ2) is 12.1. The number of nitrogens with one attached hydrogen (secondary N) is 1. The van der Waals surface area contributed by atoms with Gasteiger partial charge in [-0.3, -0.25) is 14.4 Å². The van der Waals surface area contributed by atoms with Crippen molar-refractivity contribution in [3.63, 3.8) is 0 Å². The molecule has 2 amide bonds. The molecule has 5 rings (SSSR count). The van der Waals surface area contributed by atoms with Crippen molar-refractivity contribution in [1.29, 1.82) is 0 Å². The van der Waals surface area contributed by atoms with Gasteiger partial charge in [-0.2, -0.15) is 4.39 Å². The van der Waals surface area contributed by atoms with E-state index in [9.17, 15) is 18.8 Å². The number of fused-ring (bicyclic) bond motifs is 1. The number of ether oxygens (including phenoxy) is 1. The average Bonchev–Trinajstić information content (AvgIpc) is 3.66. The molecule has 218 valence electrons. The van der Waals surface area contributed by atoms with Crippen LogP contribution in [0.15, 0.2) is 29.4 Å². The van der Waals surface area contributed by atoms with E-state index in [1.807, 2.05) is 13.8 Å². The zero-order chi connectivity index (χ0) is 29.3. The van der Waals surface area contributed by atoms with Gasteiger partial charge in [0.15, 0.2) is 10.9 Å². The van der Waals surface area contributed by atoms with Crippen LogP contribution in [-0.2, 0) is 14.3 Å². The van der Waals surface area contributed by atoms with Crippen LogP contribution in [0.4, 0.5) is 9.52 Å². The number of carbonyl (C=O) groups excluding carboxylic acids is 3. The van der Waals surface area contributed by atoms with Gasteiger partial charge in [-0.25, -0.2) is 4.98 Å². The fourth-order valence-electron chi connectivity index (χ4n) is 5.49. The molecule has 41 heavy (non-hydrogen) atoms. The molecule has 2 aromatic rings. The SMILES string of the molecule is CCC(C)C(NC(=O)c1ccc(-c2nc(N3CCN(C)CC3)sc2F)cc1)C(=O)N1CC(N=[N+]=[N-])C2OCC(=O)C21. The first-order chi connectivity index (χ1) is 19.7. The fraction of sp³-hybridized carbons (Fsp3) is 0.556. The Morgan fingerprint density at radius 3 is 2.63 bits per heavy atom. The molecule has 1 aromatic heterocycles. The number of benzene rings is 1. The lowest BCUT2D eigenvalue weighted by molar-refractivity contribution is -0.139. The predicted molar refractivity (Wildman–Crippen MR) is 151 cm³/mol. The van der Waals surface area contributed by atoms with E-state index in [1.54, 1.807) is 24.3 Å². The number of amides is 2. The number of rotatable bonds is 8. The molecule has 1 aromatic carbocycles. The van der Waals surface area contributed by atoms with E-state index in [-0.39, 0.29) is 35.7 Å². The highest BCUT2D eigenvalue weighted by atomic mass is 32.1. The van der Waals surface area contributed by atoms with Gasteiger partial charge in [-0.15, -0.1) is 0 Å². The first-order valence-corrected chi connectivity index (χ1v) is 14.5. The predicted octanol–water partition coefficient (Wildman–Crippen LogP) is 2.70. The number of halogens is 1. The van der Waals surface area contributed by atoms with Crippen molar-refractivity contribution in [2.45, 2.75) is 44.5 Å². The lowest BCUT2D eigenvalue weighted by atomic mass is 9.96.